The Bertz CT molecular complexity index is 687. The molecule has 1 heterocycles. The van der Waals surface area contributed by atoms with Gasteiger partial charge in [-0.05, 0) is 37.6 Å². The van der Waals surface area contributed by atoms with Gasteiger partial charge in [-0.2, -0.15) is 0 Å². The number of thiophene rings is 1. The van der Waals surface area contributed by atoms with Gasteiger partial charge < -0.3 is 14.8 Å². The lowest BCUT2D eigenvalue weighted by atomic mass is 10.2. The maximum Gasteiger partial charge on any atom is 0.407 e. The number of esters is 1. The largest absolute Gasteiger partial charge is 0.461 e. The Morgan fingerprint density at radius 3 is 2.70 bits per heavy atom. The molecule has 1 amide bonds. The van der Waals surface area contributed by atoms with Crippen LogP contribution in [0.4, 0.5) is 4.79 Å². The van der Waals surface area contributed by atoms with Gasteiger partial charge in [0, 0.05) is 16.8 Å². The Morgan fingerprint density at radius 1 is 1.22 bits per heavy atom. The van der Waals surface area contributed by atoms with Crippen LogP contribution in [0.1, 0.15) is 32.8 Å². The molecule has 0 bridgehead atoms. The third kappa shape index (κ3) is 5.56. The summed E-state index contributed by atoms with van der Waals surface area (Å²) in [5.41, 5.74) is 0.448. The molecule has 0 fully saturated rings. The van der Waals surface area contributed by atoms with E-state index in [1.807, 2.05) is 29.6 Å². The van der Waals surface area contributed by atoms with E-state index < -0.39 is 11.7 Å². The standard InChI is InChI=1S/C17H21NO4S/c1-17(2,3)22-16(20)18-9-8-15(19)21-10-12-11-23-14-7-5-4-6-13(12)14/h4-7,11H,8-10H2,1-3H3,(H,18,20). The van der Waals surface area contributed by atoms with Gasteiger partial charge in [-0.25, -0.2) is 4.79 Å². The van der Waals surface area contributed by atoms with Gasteiger partial charge in [0.1, 0.15) is 12.2 Å². The Kier molecular flexibility index (Phi) is 5.60. The summed E-state index contributed by atoms with van der Waals surface area (Å²) in [7, 11) is 0. The van der Waals surface area contributed by atoms with Crippen LogP contribution in [0.25, 0.3) is 10.1 Å². The molecule has 1 aromatic carbocycles. The molecular weight excluding hydrogens is 314 g/mol. The van der Waals surface area contributed by atoms with Gasteiger partial charge in [-0.1, -0.05) is 18.2 Å². The van der Waals surface area contributed by atoms with Gasteiger partial charge in [0.2, 0.25) is 0 Å². The Labute approximate surface area is 139 Å². The summed E-state index contributed by atoms with van der Waals surface area (Å²) in [4.78, 5) is 23.2. The summed E-state index contributed by atoms with van der Waals surface area (Å²) in [6, 6.07) is 8.00. The molecule has 0 aliphatic heterocycles. The van der Waals surface area contributed by atoms with Gasteiger partial charge in [0.25, 0.3) is 0 Å². The number of hydrogen-bond donors (Lipinski definition) is 1. The van der Waals surface area contributed by atoms with E-state index >= 15 is 0 Å². The number of alkyl carbamates (subject to hydrolysis) is 1. The summed E-state index contributed by atoms with van der Waals surface area (Å²) in [6.45, 7) is 5.79. The molecule has 0 aliphatic carbocycles. The maximum atomic E-state index is 11.7. The van der Waals surface area contributed by atoms with E-state index in [-0.39, 0.29) is 25.5 Å². The highest BCUT2D eigenvalue weighted by Crippen LogP contribution is 2.26. The van der Waals surface area contributed by atoms with E-state index in [0.29, 0.717) is 0 Å². The zero-order chi connectivity index (χ0) is 16.9. The number of benzene rings is 1. The van der Waals surface area contributed by atoms with Crippen molar-refractivity contribution in [3.05, 3.63) is 35.2 Å². The average molecular weight is 335 g/mol. The average Bonchev–Trinajstić information content (AvgIpc) is 2.86. The highest BCUT2D eigenvalue weighted by atomic mass is 32.1. The zero-order valence-electron chi connectivity index (χ0n) is 13.5. The molecule has 23 heavy (non-hydrogen) atoms. The van der Waals surface area contributed by atoms with E-state index in [9.17, 15) is 9.59 Å². The summed E-state index contributed by atoms with van der Waals surface area (Å²) in [6.07, 6.45) is -0.421. The summed E-state index contributed by atoms with van der Waals surface area (Å²) >= 11 is 1.63. The molecule has 0 saturated carbocycles. The van der Waals surface area contributed by atoms with Crippen molar-refractivity contribution in [2.24, 2.45) is 0 Å². The summed E-state index contributed by atoms with van der Waals surface area (Å²) < 4.78 is 11.5. The van der Waals surface area contributed by atoms with Crippen LogP contribution in [0.2, 0.25) is 0 Å². The molecule has 6 heteroatoms. The monoisotopic (exact) mass is 335 g/mol. The van der Waals surface area contributed by atoms with Crippen molar-refractivity contribution in [2.75, 3.05) is 6.54 Å². The smallest absolute Gasteiger partial charge is 0.407 e. The van der Waals surface area contributed by atoms with Crippen LogP contribution in [-0.2, 0) is 20.9 Å². The van der Waals surface area contributed by atoms with Crippen molar-refractivity contribution < 1.29 is 19.1 Å². The maximum absolute atomic E-state index is 11.7. The van der Waals surface area contributed by atoms with E-state index in [1.165, 1.54) is 4.70 Å². The van der Waals surface area contributed by atoms with Crippen molar-refractivity contribution in [1.29, 1.82) is 0 Å². The number of carbonyl (C=O) groups is 2. The lowest BCUT2D eigenvalue weighted by Crippen LogP contribution is -2.33. The minimum Gasteiger partial charge on any atom is -0.461 e. The first-order valence-corrected chi connectivity index (χ1v) is 8.31. The molecular formula is C17H21NO4S. The molecule has 124 valence electrons. The summed E-state index contributed by atoms with van der Waals surface area (Å²) in [5.74, 6) is -0.351. The number of nitrogens with one attached hydrogen (secondary N) is 1. The molecule has 0 radical (unpaired) electrons. The minimum atomic E-state index is -0.551. The fourth-order valence-electron chi connectivity index (χ4n) is 1.96. The Hall–Kier alpha value is -2.08. The molecule has 5 nitrogen and oxygen atoms in total. The number of carbonyl (C=O) groups excluding carboxylic acids is 2. The third-order valence-corrected chi connectivity index (χ3v) is 3.96. The normalized spacial score (nSPS) is 11.3. The Morgan fingerprint density at radius 2 is 1.96 bits per heavy atom. The van der Waals surface area contributed by atoms with E-state index in [0.717, 1.165) is 10.9 Å². The van der Waals surface area contributed by atoms with Gasteiger partial charge >= 0.3 is 12.1 Å². The lowest BCUT2D eigenvalue weighted by molar-refractivity contribution is -0.144. The number of fused-ring (bicyclic) bond motifs is 1. The van der Waals surface area contributed by atoms with Gasteiger partial charge in [-0.15, -0.1) is 11.3 Å². The topological polar surface area (TPSA) is 64.6 Å². The predicted molar refractivity (Wildman–Crippen MR) is 90.5 cm³/mol. The van der Waals surface area contributed by atoms with Crippen LogP contribution in [0.5, 0.6) is 0 Å². The van der Waals surface area contributed by atoms with Gasteiger partial charge in [0.15, 0.2) is 0 Å². The molecule has 0 aliphatic rings. The van der Waals surface area contributed by atoms with Gasteiger partial charge in [0.05, 0.1) is 6.42 Å². The van der Waals surface area contributed by atoms with E-state index in [1.54, 1.807) is 32.1 Å². The van der Waals surface area contributed by atoms with E-state index in [4.69, 9.17) is 9.47 Å². The van der Waals surface area contributed by atoms with Crippen molar-refractivity contribution in [3.8, 4) is 0 Å². The molecule has 2 aromatic rings. The second-order valence-electron chi connectivity index (χ2n) is 6.10. The number of rotatable bonds is 5. The fraction of sp³-hybridized carbons (Fsp3) is 0.412. The van der Waals surface area contributed by atoms with Crippen LogP contribution in [-0.4, -0.2) is 24.2 Å². The third-order valence-electron chi connectivity index (χ3n) is 2.95. The van der Waals surface area contributed by atoms with Crippen LogP contribution >= 0.6 is 11.3 Å². The highest BCUT2D eigenvalue weighted by Gasteiger charge is 2.16. The van der Waals surface area contributed by atoms with Crippen molar-refractivity contribution in [2.45, 2.75) is 39.4 Å². The zero-order valence-corrected chi connectivity index (χ0v) is 14.4. The van der Waals surface area contributed by atoms with Gasteiger partial charge in [-0.3, -0.25) is 4.79 Å². The second-order valence-corrected chi connectivity index (χ2v) is 7.01. The Balaban J connectivity index is 1.72. The van der Waals surface area contributed by atoms with E-state index in [2.05, 4.69) is 5.32 Å². The van der Waals surface area contributed by atoms with Crippen molar-refractivity contribution in [1.82, 2.24) is 5.32 Å². The number of ether oxygens (including phenoxy) is 2. The first-order chi connectivity index (χ1) is 10.8. The summed E-state index contributed by atoms with van der Waals surface area (Å²) in [5, 5.41) is 5.64. The SMILES string of the molecule is CC(C)(C)OC(=O)NCCC(=O)OCc1csc2ccccc12. The first kappa shape index (κ1) is 17.3. The first-order valence-electron chi connectivity index (χ1n) is 7.43. The number of amides is 1. The number of hydrogen-bond acceptors (Lipinski definition) is 5. The minimum absolute atomic E-state index is 0.112. The van der Waals surface area contributed by atoms with Crippen LogP contribution in [0.3, 0.4) is 0 Å². The van der Waals surface area contributed by atoms with Crippen LogP contribution < -0.4 is 5.32 Å². The highest BCUT2D eigenvalue weighted by molar-refractivity contribution is 7.17. The molecule has 0 spiro atoms. The van der Waals surface area contributed by atoms with Crippen LogP contribution in [0.15, 0.2) is 29.6 Å². The van der Waals surface area contributed by atoms with Crippen molar-refractivity contribution >= 4 is 33.5 Å². The molecule has 0 saturated heterocycles. The van der Waals surface area contributed by atoms with Crippen molar-refractivity contribution in [3.63, 3.8) is 0 Å². The molecule has 0 atom stereocenters. The lowest BCUT2D eigenvalue weighted by Gasteiger charge is -2.19. The van der Waals surface area contributed by atoms with Crippen LogP contribution in [0, 0.1) is 0 Å². The second kappa shape index (κ2) is 7.46. The predicted octanol–water partition coefficient (Wildman–Crippen LogP) is 3.86. The molecule has 0 unspecified atom stereocenters. The quantitative estimate of drug-likeness (QED) is 0.843. The molecule has 1 N–H and O–H groups in total. The molecule has 1 aromatic heterocycles. The molecule has 2 rings (SSSR count). The fourth-order valence-corrected chi connectivity index (χ4v) is 2.90.